The number of terminal acetylenes is 3. The third-order valence-electron chi connectivity index (χ3n) is 9.16. The Balaban J connectivity index is 0.000000898. The number of benzene rings is 3. The van der Waals surface area contributed by atoms with Crippen LogP contribution < -0.4 is 11.1 Å². The summed E-state index contributed by atoms with van der Waals surface area (Å²) in [5.41, 5.74) is 11.2. The maximum Gasteiger partial charge on any atom is 0.406 e. The van der Waals surface area contributed by atoms with Gasteiger partial charge in [-0.05, 0) is 51.4 Å². The van der Waals surface area contributed by atoms with E-state index in [-0.39, 0.29) is 11.8 Å². The summed E-state index contributed by atoms with van der Waals surface area (Å²) in [6.07, 6.45) is 31.3. The van der Waals surface area contributed by atoms with E-state index < -0.39 is 12.2 Å². The summed E-state index contributed by atoms with van der Waals surface area (Å²) in [6.45, 7) is 14.1. The number of nitrogens with two attached hydrogens (primary N) is 1. The van der Waals surface area contributed by atoms with E-state index in [9.17, 15) is 19.2 Å². The van der Waals surface area contributed by atoms with Crippen LogP contribution in [0, 0.1) is 50.4 Å². The van der Waals surface area contributed by atoms with E-state index in [1.807, 2.05) is 22.2 Å². The fourth-order valence-corrected chi connectivity index (χ4v) is 5.95. The number of H-pyrrole nitrogens is 2. The molecule has 2 aliphatic rings. The molecule has 2 aromatic heterocycles. The number of carbonyl (C=O) groups is 4. The van der Waals surface area contributed by atoms with Crippen LogP contribution in [0.2, 0.25) is 0 Å². The van der Waals surface area contributed by atoms with Crippen molar-refractivity contribution in [2.24, 2.45) is 17.6 Å². The Morgan fingerprint density at radius 1 is 0.627 bits per heavy atom. The van der Waals surface area contributed by atoms with Gasteiger partial charge in [-0.15, -0.1) is 38.5 Å². The molecule has 4 heterocycles. The molecule has 2 aliphatic heterocycles. The van der Waals surface area contributed by atoms with Gasteiger partial charge >= 0.3 is 12.2 Å². The maximum atomic E-state index is 11.5. The quantitative estimate of drug-likeness (QED) is 0.118. The minimum atomic E-state index is -0.745. The summed E-state index contributed by atoms with van der Waals surface area (Å²) < 4.78 is 18.4. The van der Waals surface area contributed by atoms with Gasteiger partial charge in [-0.25, -0.2) is 19.6 Å². The van der Waals surface area contributed by atoms with Crippen LogP contribution in [0.5, 0.6) is 0 Å². The SMILES string of the molecule is C#C.C#C.C#C.CC(C)CC(=O)N1CCOCC1.CC(C)CC(=O)N1CCOCC1.CNC(=O)OC.COC(N)=O.c1ncc(-c2ccc(-c3ccc4cc(-c5cnc[nH]5)ccc4c3)cc2)[nH]1. The Labute approximate surface area is 396 Å². The molecule has 4 amide bonds. The average molecular weight is 921 g/mol. The molecule has 5 aromatic rings. The van der Waals surface area contributed by atoms with E-state index in [0.29, 0.717) is 51.1 Å². The van der Waals surface area contributed by atoms with Crippen LogP contribution in [0.25, 0.3) is 44.4 Å². The molecule has 0 unspecified atom stereocenters. The van der Waals surface area contributed by atoms with Crippen LogP contribution in [-0.2, 0) is 28.5 Å². The second-order valence-corrected chi connectivity index (χ2v) is 14.7. The number of aromatic nitrogens is 4. The highest BCUT2D eigenvalue weighted by Crippen LogP contribution is 2.29. The molecule has 16 nitrogen and oxygen atoms in total. The van der Waals surface area contributed by atoms with E-state index in [1.54, 1.807) is 12.7 Å². The zero-order chi connectivity index (χ0) is 50.6. The van der Waals surface area contributed by atoms with E-state index in [2.05, 4.69) is 167 Å². The largest absolute Gasteiger partial charge is 0.453 e. The number of fused-ring (bicyclic) bond motifs is 1. The molecule has 3 aromatic carbocycles. The second kappa shape index (κ2) is 35.7. The lowest BCUT2D eigenvalue weighted by atomic mass is 9.98. The van der Waals surface area contributed by atoms with Crippen LogP contribution in [-0.4, -0.2) is 128 Å². The third kappa shape index (κ3) is 23.8. The van der Waals surface area contributed by atoms with Crippen molar-refractivity contribution in [3.8, 4) is 72.2 Å². The molecule has 7 rings (SSSR count). The molecule has 5 N–H and O–H groups in total. The number of morpholine rings is 2. The van der Waals surface area contributed by atoms with Crippen molar-refractivity contribution in [1.29, 1.82) is 0 Å². The van der Waals surface area contributed by atoms with Gasteiger partial charge < -0.3 is 49.8 Å². The number of hydrogen-bond donors (Lipinski definition) is 4. The lowest BCUT2D eigenvalue weighted by Gasteiger charge is -2.27. The predicted octanol–water partition coefficient (Wildman–Crippen LogP) is 7.50. The van der Waals surface area contributed by atoms with Crippen LogP contribution in [0.3, 0.4) is 0 Å². The predicted molar refractivity (Wildman–Crippen MR) is 266 cm³/mol. The lowest BCUT2D eigenvalue weighted by Crippen LogP contribution is -2.41. The maximum absolute atomic E-state index is 11.5. The first kappa shape index (κ1) is 59.4. The Morgan fingerprint density at radius 2 is 0.985 bits per heavy atom. The van der Waals surface area contributed by atoms with Crippen molar-refractivity contribution in [2.75, 3.05) is 73.9 Å². The van der Waals surface area contributed by atoms with Crippen molar-refractivity contribution in [3.63, 3.8) is 0 Å². The van der Waals surface area contributed by atoms with E-state index in [4.69, 9.17) is 9.47 Å². The monoisotopic (exact) mass is 921 g/mol. The molecule has 0 aliphatic carbocycles. The van der Waals surface area contributed by atoms with Gasteiger partial charge in [0.1, 0.15) is 0 Å². The van der Waals surface area contributed by atoms with Crippen LogP contribution in [0.4, 0.5) is 9.59 Å². The number of aromatic amines is 2. The molecular weight excluding hydrogens is 853 g/mol. The summed E-state index contributed by atoms with van der Waals surface area (Å²) in [5, 5.41) is 4.70. The van der Waals surface area contributed by atoms with Gasteiger partial charge in [-0.2, -0.15) is 0 Å². The minimum absolute atomic E-state index is 0.272. The molecule has 0 atom stereocenters. The van der Waals surface area contributed by atoms with Crippen molar-refractivity contribution >= 4 is 34.8 Å². The molecule has 2 saturated heterocycles. The molecule has 0 saturated carbocycles. The van der Waals surface area contributed by atoms with Gasteiger partial charge in [0.2, 0.25) is 11.8 Å². The van der Waals surface area contributed by atoms with Crippen LogP contribution in [0.15, 0.2) is 85.7 Å². The zero-order valence-corrected chi connectivity index (χ0v) is 39.9. The molecule has 0 spiro atoms. The Kier molecular flexibility index (Phi) is 31.7. The second-order valence-electron chi connectivity index (χ2n) is 14.7. The molecule has 0 radical (unpaired) electrons. The third-order valence-corrected chi connectivity index (χ3v) is 9.16. The van der Waals surface area contributed by atoms with Crippen molar-refractivity contribution in [2.45, 2.75) is 40.5 Å². The minimum Gasteiger partial charge on any atom is -0.453 e. The number of carbonyl (C=O) groups excluding carboxylic acids is 4. The van der Waals surface area contributed by atoms with E-state index in [1.165, 1.54) is 43.2 Å². The average Bonchev–Trinajstić information content (AvgIpc) is 4.13. The summed E-state index contributed by atoms with van der Waals surface area (Å²) in [5.74, 6) is 1.46. The Morgan fingerprint density at radius 3 is 1.31 bits per heavy atom. The summed E-state index contributed by atoms with van der Waals surface area (Å²) >= 11 is 0. The number of imidazole rings is 2. The first-order valence-corrected chi connectivity index (χ1v) is 21.3. The summed E-state index contributed by atoms with van der Waals surface area (Å²) in [4.78, 5) is 60.4. The van der Waals surface area contributed by atoms with Gasteiger partial charge in [0.25, 0.3) is 0 Å². The fraction of sp³-hybridized carbons (Fsp3) is 0.373. The van der Waals surface area contributed by atoms with E-state index in [0.717, 1.165) is 48.7 Å². The van der Waals surface area contributed by atoms with E-state index >= 15 is 0 Å². The van der Waals surface area contributed by atoms with Gasteiger partial charge in [-0.3, -0.25) is 9.59 Å². The number of amides is 4. The highest BCUT2D eigenvalue weighted by Gasteiger charge is 2.18. The smallest absolute Gasteiger partial charge is 0.406 e. The highest BCUT2D eigenvalue weighted by molar-refractivity contribution is 5.90. The first-order chi connectivity index (χ1) is 32.3. The highest BCUT2D eigenvalue weighted by atomic mass is 16.5. The summed E-state index contributed by atoms with van der Waals surface area (Å²) in [7, 11) is 4.05. The number of rotatable bonds is 7. The Bertz CT molecular complexity index is 2110. The topological polar surface area (TPSA) is 207 Å². The molecule has 67 heavy (non-hydrogen) atoms. The molecule has 360 valence electrons. The number of hydrogen-bond acceptors (Lipinski definition) is 10. The lowest BCUT2D eigenvalue weighted by molar-refractivity contribution is -0.136. The molecule has 2 fully saturated rings. The number of ether oxygens (including phenoxy) is 4. The number of nitrogens with zero attached hydrogens (tertiary/aromatic N) is 4. The van der Waals surface area contributed by atoms with Gasteiger partial charge in [-0.1, -0.05) is 76.2 Å². The first-order valence-electron chi connectivity index (χ1n) is 21.3. The van der Waals surface area contributed by atoms with Crippen molar-refractivity contribution in [3.05, 3.63) is 85.7 Å². The number of alkyl carbamates (subject to hydrolysis) is 1. The fourth-order valence-electron chi connectivity index (χ4n) is 5.95. The zero-order valence-electron chi connectivity index (χ0n) is 39.9. The Hall–Kier alpha value is -7.58. The van der Waals surface area contributed by atoms with Crippen molar-refractivity contribution < 1.29 is 38.1 Å². The molecule has 16 heteroatoms. The van der Waals surface area contributed by atoms with Gasteiger partial charge in [0.15, 0.2) is 0 Å². The van der Waals surface area contributed by atoms with Gasteiger partial charge in [0, 0.05) is 51.6 Å². The number of methoxy groups -OCH3 is 2. The standard InChI is InChI=1S/C22H16N4.2C9H17NO2.C3H7NO2.C2H5NO2.3C2H2/c1-3-16(21-11-23-13-25-21)4-2-15(1)17-5-6-19-10-20(8-7-18(19)9-17)22-12-24-14-26-22;2*1-8(2)7-9(11)10-3-5-12-6-4-10;1-4-3(5)6-2;1-5-2(3)4;3*1-2/h1-14H,(H,23,25)(H,24,26);2*8H,3-7H2,1-2H3;1-2H3,(H,4,5);1H3,(H2,3,4);3*1-2H. The van der Waals surface area contributed by atoms with Crippen LogP contribution >= 0.6 is 0 Å². The normalized spacial score (nSPS) is 12.1. The summed E-state index contributed by atoms with van der Waals surface area (Å²) in [6, 6.07) is 21.6. The van der Waals surface area contributed by atoms with Crippen molar-refractivity contribution in [1.82, 2.24) is 35.1 Å². The number of nitrogens with one attached hydrogen (secondary N) is 3. The van der Waals surface area contributed by atoms with Crippen LogP contribution in [0.1, 0.15) is 40.5 Å². The molecule has 0 bridgehead atoms. The number of primary amides is 1. The molecular formula is C51H68N8O8. The van der Waals surface area contributed by atoms with Gasteiger partial charge in [0.05, 0.1) is 77.1 Å².